The number of amidine groups is 1. The first-order chi connectivity index (χ1) is 12.2. The average Bonchev–Trinajstić information content (AvgIpc) is 3.32. The first kappa shape index (κ1) is 16.5. The molecule has 3 heterocycles. The maximum Gasteiger partial charge on any atom is 0.233 e. The van der Waals surface area contributed by atoms with E-state index >= 15 is 0 Å². The second kappa shape index (κ2) is 7.48. The number of thiophene rings is 1. The number of hydrazine groups is 1. The van der Waals surface area contributed by atoms with Gasteiger partial charge in [0.25, 0.3) is 0 Å². The molecule has 0 bridgehead atoms. The van der Waals surface area contributed by atoms with Crippen molar-refractivity contribution in [2.45, 2.75) is 0 Å². The summed E-state index contributed by atoms with van der Waals surface area (Å²) in [5, 5.41) is 15.2. The first-order valence-corrected chi connectivity index (χ1v) is 8.03. The van der Waals surface area contributed by atoms with Crippen molar-refractivity contribution >= 4 is 17.2 Å². The Balaban J connectivity index is 2.08. The van der Waals surface area contributed by atoms with Crippen molar-refractivity contribution in [1.29, 1.82) is 5.26 Å². The number of hydrogen-bond donors (Lipinski definition) is 3. The van der Waals surface area contributed by atoms with Gasteiger partial charge in [-0.25, -0.2) is 16.4 Å². The molecule has 0 saturated heterocycles. The fourth-order valence-corrected chi connectivity index (χ4v) is 2.87. The third kappa shape index (κ3) is 3.60. The molecule has 5 N–H and O–H groups in total. The van der Waals surface area contributed by atoms with Crippen LogP contribution in [-0.4, -0.2) is 17.4 Å². The molecule has 0 spiro atoms. The Morgan fingerprint density at radius 2 is 2.36 bits per heavy atom. The van der Waals surface area contributed by atoms with E-state index in [1.54, 1.807) is 18.6 Å². The van der Waals surface area contributed by atoms with Crippen LogP contribution in [0.2, 0.25) is 0 Å². The number of ether oxygens (including phenoxy) is 1. The van der Waals surface area contributed by atoms with Gasteiger partial charge in [0.05, 0.1) is 23.1 Å². The molecule has 8 nitrogen and oxygen atoms in total. The highest BCUT2D eigenvalue weighted by Gasteiger charge is 2.18. The monoisotopic (exact) mass is 354 g/mol. The number of pyridine rings is 1. The average molecular weight is 354 g/mol. The predicted octanol–water partition coefficient (Wildman–Crippen LogP) is 2.06. The summed E-state index contributed by atoms with van der Waals surface area (Å²) in [6.07, 6.45) is 3.10. The fraction of sp³-hybridized carbons (Fsp3) is 0.0625. The van der Waals surface area contributed by atoms with E-state index in [-0.39, 0.29) is 23.9 Å². The molecule has 25 heavy (non-hydrogen) atoms. The zero-order valence-corrected chi connectivity index (χ0v) is 13.8. The van der Waals surface area contributed by atoms with E-state index in [4.69, 9.17) is 20.7 Å². The number of aromatic nitrogens is 1. The number of nitriles is 1. The van der Waals surface area contributed by atoms with E-state index in [0.29, 0.717) is 11.3 Å². The molecule has 0 fully saturated rings. The number of hydrogen-bond acceptors (Lipinski definition) is 8. The van der Waals surface area contributed by atoms with E-state index in [1.165, 1.54) is 11.3 Å². The highest BCUT2D eigenvalue weighted by atomic mass is 32.1. The minimum atomic E-state index is -0.0649. The summed E-state index contributed by atoms with van der Waals surface area (Å²) in [5.41, 5.74) is 10.1. The molecular formula is C16H14N6O2S. The quantitative estimate of drug-likeness (QED) is 0.267. The normalized spacial score (nSPS) is 11.1. The lowest BCUT2D eigenvalue weighted by Crippen LogP contribution is -2.27. The Morgan fingerprint density at radius 3 is 3.00 bits per heavy atom. The molecule has 0 aliphatic rings. The molecule has 0 amide bonds. The minimum Gasteiger partial charge on any atom is -0.472 e. The molecule has 9 heteroatoms. The molecule has 0 radical (unpaired) electrons. The summed E-state index contributed by atoms with van der Waals surface area (Å²) in [7, 11) is 0. The molecular weight excluding hydrogens is 340 g/mol. The lowest BCUT2D eigenvalue weighted by atomic mass is 10.0. The van der Waals surface area contributed by atoms with Crippen LogP contribution < -0.4 is 21.8 Å². The van der Waals surface area contributed by atoms with E-state index in [1.807, 2.05) is 23.6 Å². The number of furan rings is 1. The van der Waals surface area contributed by atoms with Gasteiger partial charge in [-0.15, -0.1) is 16.4 Å². The van der Waals surface area contributed by atoms with Gasteiger partial charge in [-0.2, -0.15) is 5.26 Å². The van der Waals surface area contributed by atoms with Gasteiger partial charge in [-0.3, -0.25) is 0 Å². The van der Waals surface area contributed by atoms with Crippen LogP contribution in [0.5, 0.6) is 5.88 Å². The van der Waals surface area contributed by atoms with E-state index in [2.05, 4.69) is 21.7 Å². The molecule has 0 aromatic carbocycles. The maximum absolute atomic E-state index is 9.60. The molecule has 0 unspecified atom stereocenters. The number of rotatable bonds is 6. The van der Waals surface area contributed by atoms with Crippen LogP contribution in [0.4, 0.5) is 0 Å². The van der Waals surface area contributed by atoms with Crippen LogP contribution in [0, 0.1) is 11.3 Å². The highest BCUT2D eigenvalue weighted by Crippen LogP contribution is 2.34. The van der Waals surface area contributed by atoms with Crippen molar-refractivity contribution in [2.75, 3.05) is 6.61 Å². The largest absolute Gasteiger partial charge is 0.472 e. The topological polar surface area (TPSA) is 135 Å². The molecule has 3 rings (SSSR count). The summed E-state index contributed by atoms with van der Waals surface area (Å²) in [6.45, 7) is -0.0649. The molecule has 3 aromatic rings. The minimum absolute atomic E-state index is 0.0649. The van der Waals surface area contributed by atoms with Gasteiger partial charge >= 0.3 is 0 Å². The van der Waals surface area contributed by atoms with E-state index in [9.17, 15) is 5.26 Å². The van der Waals surface area contributed by atoms with Gasteiger partial charge in [-0.1, -0.05) is 6.07 Å². The van der Waals surface area contributed by atoms with Crippen LogP contribution >= 0.6 is 11.3 Å². The lowest BCUT2D eigenvalue weighted by Gasteiger charge is -2.11. The summed E-state index contributed by atoms with van der Waals surface area (Å²) >= 11 is 1.54. The predicted molar refractivity (Wildman–Crippen MR) is 94.4 cm³/mol. The second-order valence-corrected chi connectivity index (χ2v) is 5.80. The van der Waals surface area contributed by atoms with Crippen LogP contribution in [0.3, 0.4) is 0 Å². The number of nitrogens with zero attached hydrogens (tertiary/aromatic N) is 3. The Labute approximate surface area is 147 Å². The number of nitrogens with one attached hydrogen (secondary N) is 1. The van der Waals surface area contributed by atoms with Crippen LogP contribution in [0.15, 0.2) is 51.7 Å². The molecule has 0 aliphatic carbocycles. The van der Waals surface area contributed by atoms with Crippen LogP contribution in [0.25, 0.3) is 21.7 Å². The van der Waals surface area contributed by atoms with Gasteiger partial charge in [-0.05, 0) is 23.6 Å². The van der Waals surface area contributed by atoms with Gasteiger partial charge in [0, 0.05) is 11.1 Å². The maximum atomic E-state index is 9.60. The molecule has 0 atom stereocenters. The number of nitrogens with two attached hydrogens (primary N) is 2. The van der Waals surface area contributed by atoms with Gasteiger partial charge in [0.1, 0.15) is 18.2 Å². The van der Waals surface area contributed by atoms with Crippen molar-refractivity contribution in [3.8, 4) is 33.6 Å². The second-order valence-electron chi connectivity index (χ2n) is 4.86. The Kier molecular flexibility index (Phi) is 4.94. The SMILES string of the molecule is N#Cc1c(-c2ccoc2)cc(-c2cccs2)nc1OC/C(N)=N/NN. The first-order valence-electron chi connectivity index (χ1n) is 7.15. The third-order valence-electron chi connectivity index (χ3n) is 3.27. The Bertz CT molecular complexity index is 913. The molecule has 126 valence electrons. The van der Waals surface area contributed by atoms with Crippen LogP contribution in [0.1, 0.15) is 5.56 Å². The van der Waals surface area contributed by atoms with E-state index in [0.717, 1.165) is 10.4 Å². The van der Waals surface area contributed by atoms with Gasteiger partial charge in [0.2, 0.25) is 5.88 Å². The molecule has 3 aromatic heterocycles. The smallest absolute Gasteiger partial charge is 0.233 e. The lowest BCUT2D eigenvalue weighted by molar-refractivity contribution is 0.358. The van der Waals surface area contributed by atoms with Crippen LogP contribution in [-0.2, 0) is 0 Å². The summed E-state index contributed by atoms with van der Waals surface area (Å²) in [4.78, 5) is 5.41. The van der Waals surface area contributed by atoms with Crippen molar-refractivity contribution in [1.82, 2.24) is 10.5 Å². The zero-order chi connectivity index (χ0) is 17.6. The summed E-state index contributed by atoms with van der Waals surface area (Å²) < 4.78 is 10.7. The Hall–Kier alpha value is -3.35. The molecule has 0 saturated carbocycles. The summed E-state index contributed by atoms with van der Waals surface area (Å²) in [6, 6.07) is 9.61. The van der Waals surface area contributed by atoms with E-state index < -0.39 is 0 Å². The zero-order valence-electron chi connectivity index (χ0n) is 13.0. The number of hydrazone groups is 1. The van der Waals surface area contributed by atoms with Crippen molar-refractivity contribution in [3.63, 3.8) is 0 Å². The highest BCUT2D eigenvalue weighted by molar-refractivity contribution is 7.13. The fourth-order valence-electron chi connectivity index (χ4n) is 2.19. The Morgan fingerprint density at radius 1 is 1.48 bits per heavy atom. The molecule has 0 aliphatic heterocycles. The summed E-state index contributed by atoms with van der Waals surface area (Å²) in [5.74, 6) is 5.37. The van der Waals surface area contributed by atoms with Crippen molar-refractivity contribution < 1.29 is 9.15 Å². The van der Waals surface area contributed by atoms with Crippen molar-refractivity contribution in [2.24, 2.45) is 16.7 Å². The third-order valence-corrected chi connectivity index (χ3v) is 4.16. The van der Waals surface area contributed by atoms with Crippen molar-refractivity contribution in [3.05, 3.63) is 47.7 Å². The van der Waals surface area contributed by atoms with Gasteiger partial charge in [0.15, 0.2) is 5.84 Å². The van der Waals surface area contributed by atoms with Gasteiger partial charge < -0.3 is 14.9 Å². The standard InChI is InChI=1S/C16H14N6O2S/c17-7-12-11(10-3-4-23-8-10)6-13(14-2-1-5-25-14)20-16(12)24-9-15(18)21-22-19/h1-6,8,22H,9,19H2,(H2,18,21).